The average Bonchev–Trinajstić information content (AvgIpc) is 2.45. The van der Waals surface area contributed by atoms with Crippen molar-refractivity contribution < 1.29 is 4.39 Å². The lowest BCUT2D eigenvalue weighted by atomic mass is 10.2. The number of halogens is 2. The molecule has 0 aliphatic carbocycles. The Morgan fingerprint density at radius 1 is 1.45 bits per heavy atom. The summed E-state index contributed by atoms with van der Waals surface area (Å²) in [5.74, 6) is -0.222. The van der Waals surface area contributed by atoms with Crippen LogP contribution in [0.1, 0.15) is 0 Å². The number of rotatable bonds is 0. The highest BCUT2D eigenvalue weighted by Gasteiger charge is 2.04. The SMILES string of the molecule is Fc1c(I)ccc2cn[nH]c12. The molecule has 0 saturated heterocycles. The van der Waals surface area contributed by atoms with E-state index in [1.807, 2.05) is 28.7 Å². The summed E-state index contributed by atoms with van der Waals surface area (Å²) in [4.78, 5) is 0. The molecule has 4 heteroatoms. The van der Waals surface area contributed by atoms with Crippen LogP contribution in [0, 0.1) is 9.39 Å². The predicted octanol–water partition coefficient (Wildman–Crippen LogP) is 2.31. The average molecular weight is 262 g/mol. The van der Waals surface area contributed by atoms with Gasteiger partial charge in [-0.1, -0.05) is 0 Å². The summed E-state index contributed by atoms with van der Waals surface area (Å²) in [7, 11) is 0. The second kappa shape index (κ2) is 2.44. The highest BCUT2D eigenvalue weighted by Crippen LogP contribution is 2.19. The standard InChI is InChI=1S/C7H4FIN2/c8-6-5(9)2-1-4-3-10-11-7(4)6/h1-3H,(H,10,11). The molecule has 2 aromatic rings. The summed E-state index contributed by atoms with van der Waals surface area (Å²) < 4.78 is 13.8. The highest BCUT2D eigenvalue weighted by molar-refractivity contribution is 14.1. The third kappa shape index (κ3) is 1.01. The van der Waals surface area contributed by atoms with Gasteiger partial charge in [-0.2, -0.15) is 5.10 Å². The molecular formula is C7H4FIN2. The van der Waals surface area contributed by atoms with Crippen LogP contribution in [0.25, 0.3) is 10.9 Å². The van der Waals surface area contributed by atoms with Gasteiger partial charge in [-0.25, -0.2) is 4.39 Å². The Kier molecular flexibility index (Phi) is 1.56. The summed E-state index contributed by atoms with van der Waals surface area (Å²) in [5.41, 5.74) is 0.483. The topological polar surface area (TPSA) is 28.7 Å². The second-order valence-corrected chi connectivity index (χ2v) is 3.36. The maximum atomic E-state index is 13.2. The van der Waals surface area contributed by atoms with Gasteiger partial charge < -0.3 is 0 Å². The minimum absolute atomic E-state index is 0.222. The van der Waals surface area contributed by atoms with Gasteiger partial charge in [0, 0.05) is 5.39 Å². The first-order valence-electron chi connectivity index (χ1n) is 3.06. The largest absolute Gasteiger partial charge is 0.275 e. The van der Waals surface area contributed by atoms with E-state index in [9.17, 15) is 4.39 Å². The molecule has 1 aromatic carbocycles. The fourth-order valence-electron chi connectivity index (χ4n) is 0.953. The molecule has 11 heavy (non-hydrogen) atoms. The molecule has 2 rings (SSSR count). The molecule has 0 atom stereocenters. The molecule has 0 unspecified atom stereocenters. The van der Waals surface area contributed by atoms with Crippen molar-refractivity contribution in [2.24, 2.45) is 0 Å². The van der Waals surface area contributed by atoms with Gasteiger partial charge in [0.2, 0.25) is 0 Å². The van der Waals surface area contributed by atoms with Gasteiger partial charge in [0.05, 0.1) is 9.77 Å². The minimum atomic E-state index is -0.222. The van der Waals surface area contributed by atoms with Crippen molar-refractivity contribution in [2.45, 2.75) is 0 Å². The number of benzene rings is 1. The van der Waals surface area contributed by atoms with E-state index >= 15 is 0 Å². The summed E-state index contributed by atoms with van der Waals surface area (Å²) in [6.07, 6.45) is 1.61. The molecule has 1 N–H and O–H groups in total. The van der Waals surface area contributed by atoms with E-state index in [4.69, 9.17) is 0 Å². The van der Waals surface area contributed by atoms with Crippen molar-refractivity contribution in [3.05, 3.63) is 27.7 Å². The van der Waals surface area contributed by atoms with Crippen LogP contribution in [0.2, 0.25) is 0 Å². The Bertz CT molecular complexity index is 396. The molecule has 0 amide bonds. The number of nitrogens with one attached hydrogen (secondary N) is 1. The van der Waals surface area contributed by atoms with E-state index in [0.717, 1.165) is 5.39 Å². The molecule has 0 aliphatic rings. The number of hydrogen-bond acceptors (Lipinski definition) is 1. The number of aromatic amines is 1. The minimum Gasteiger partial charge on any atom is -0.275 e. The number of nitrogens with zero attached hydrogens (tertiary/aromatic N) is 1. The van der Waals surface area contributed by atoms with Crippen molar-refractivity contribution in [1.29, 1.82) is 0 Å². The van der Waals surface area contributed by atoms with Gasteiger partial charge in [0.25, 0.3) is 0 Å². The maximum Gasteiger partial charge on any atom is 0.162 e. The summed E-state index contributed by atoms with van der Waals surface area (Å²) in [5, 5.41) is 7.14. The summed E-state index contributed by atoms with van der Waals surface area (Å²) >= 11 is 1.95. The fraction of sp³-hybridized carbons (Fsp3) is 0. The predicted molar refractivity (Wildman–Crippen MR) is 48.8 cm³/mol. The first-order chi connectivity index (χ1) is 5.29. The first-order valence-corrected chi connectivity index (χ1v) is 4.14. The first kappa shape index (κ1) is 7.02. The Labute approximate surface area is 75.9 Å². The third-order valence-electron chi connectivity index (χ3n) is 1.51. The van der Waals surface area contributed by atoms with Crippen LogP contribution in [0.5, 0.6) is 0 Å². The monoisotopic (exact) mass is 262 g/mol. The number of fused-ring (bicyclic) bond motifs is 1. The normalized spacial score (nSPS) is 10.7. The lowest BCUT2D eigenvalue weighted by molar-refractivity contribution is 0.629. The molecule has 0 radical (unpaired) electrons. The van der Waals surface area contributed by atoms with Crippen LogP contribution < -0.4 is 0 Å². The van der Waals surface area contributed by atoms with Crippen LogP contribution >= 0.6 is 22.6 Å². The molecule has 0 bridgehead atoms. The van der Waals surface area contributed by atoms with Gasteiger partial charge in [0.1, 0.15) is 5.52 Å². The highest BCUT2D eigenvalue weighted by atomic mass is 127. The van der Waals surface area contributed by atoms with Crippen molar-refractivity contribution in [3.63, 3.8) is 0 Å². The quantitative estimate of drug-likeness (QED) is 0.725. The zero-order chi connectivity index (χ0) is 7.84. The zero-order valence-electron chi connectivity index (χ0n) is 5.44. The summed E-state index contributed by atoms with van der Waals surface area (Å²) in [6.45, 7) is 0. The van der Waals surface area contributed by atoms with Crippen LogP contribution in [-0.2, 0) is 0 Å². The van der Waals surface area contributed by atoms with Crippen LogP contribution in [0.3, 0.4) is 0 Å². The van der Waals surface area contributed by atoms with E-state index in [0.29, 0.717) is 9.09 Å². The lowest BCUT2D eigenvalue weighted by Crippen LogP contribution is -1.82. The molecule has 1 heterocycles. The van der Waals surface area contributed by atoms with Crippen LogP contribution in [0.4, 0.5) is 4.39 Å². The van der Waals surface area contributed by atoms with Crippen LogP contribution in [-0.4, -0.2) is 10.2 Å². The van der Waals surface area contributed by atoms with Gasteiger partial charge >= 0.3 is 0 Å². The van der Waals surface area contributed by atoms with E-state index in [1.54, 1.807) is 12.3 Å². The van der Waals surface area contributed by atoms with Gasteiger partial charge in [0.15, 0.2) is 5.82 Å². The molecule has 0 saturated carbocycles. The van der Waals surface area contributed by atoms with Crippen molar-refractivity contribution >= 4 is 33.5 Å². The van der Waals surface area contributed by atoms with Gasteiger partial charge in [-0.3, -0.25) is 5.10 Å². The number of H-pyrrole nitrogens is 1. The molecule has 0 spiro atoms. The third-order valence-corrected chi connectivity index (χ3v) is 2.34. The van der Waals surface area contributed by atoms with Crippen molar-refractivity contribution in [2.75, 3.05) is 0 Å². The fourth-order valence-corrected chi connectivity index (χ4v) is 1.40. The van der Waals surface area contributed by atoms with Gasteiger partial charge in [-0.15, -0.1) is 0 Å². The molecule has 0 aliphatic heterocycles. The smallest absolute Gasteiger partial charge is 0.162 e. The van der Waals surface area contributed by atoms with Gasteiger partial charge in [-0.05, 0) is 34.7 Å². The summed E-state index contributed by atoms with van der Waals surface area (Å²) in [6, 6.07) is 3.57. The number of hydrogen-bond donors (Lipinski definition) is 1. The Morgan fingerprint density at radius 3 is 3.09 bits per heavy atom. The maximum absolute atomic E-state index is 13.2. The van der Waals surface area contributed by atoms with E-state index in [-0.39, 0.29) is 5.82 Å². The molecule has 56 valence electrons. The Balaban J connectivity index is 2.93. The van der Waals surface area contributed by atoms with Crippen molar-refractivity contribution in [1.82, 2.24) is 10.2 Å². The number of aromatic nitrogens is 2. The molecule has 2 nitrogen and oxygen atoms in total. The van der Waals surface area contributed by atoms with E-state index < -0.39 is 0 Å². The van der Waals surface area contributed by atoms with Crippen LogP contribution in [0.15, 0.2) is 18.3 Å². The molecular weight excluding hydrogens is 258 g/mol. The van der Waals surface area contributed by atoms with E-state index in [2.05, 4.69) is 10.2 Å². The van der Waals surface area contributed by atoms with E-state index in [1.165, 1.54) is 0 Å². The lowest BCUT2D eigenvalue weighted by Gasteiger charge is -1.93. The molecule has 0 fully saturated rings. The van der Waals surface area contributed by atoms with Crippen molar-refractivity contribution in [3.8, 4) is 0 Å². The Hall–Kier alpha value is -0.650. The molecule has 1 aromatic heterocycles. The zero-order valence-corrected chi connectivity index (χ0v) is 7.59. The Morgan fingerprint density at radius 2 is 2.27 bits per heavy atom. The second-order valence-electron chi connectivity index (χ2n) is 2.20.